The quantitative estimate of drug-likeness (QED) is 0.820. The molecule has 1 spiro atoms. The van der Waals surface area contributed by atoms with Crippen molar-refractivity contribution in [3.05, 3.63) is 0 Å². The third kappa shape index (κ3) is 3.30. The van der Waals surface area contributed by atoms with Gasteiger partial charge in [0, 0.05) is 25.4 Å². The molecule has 2 N–H and O–H groups in total. The summed E-state index contributed by atoms with van der Waals surface area (Å²) in [4.78, 5) is 0. The lowest BCUT2D eigenvalue weighted by Gasteiger charge is -2.37. The first-order chi connectivity index (χ1) is 9.27. The minimum absolute atomic E-state index is 0.0855. The van der Waals surface area contributed by atoms with Crippen LogP contribution in [0, 0.1) is 5.92 Å². The van der Waals surface area contributed by atoms with Crippen molar-refractivity contribution in [3.8, 4) is 0 Å². The highest BCUT2D eigenvalue weighted by Crippen LogP contribution is 2.35. The van der Waals surface area contributed by atoms with Gasteiger partial charge in [0.15, 0.2) is 5.79 Å². The molecule has 0 aromatic heterocycles. The number of aliphatic hydroxyl groups excluding tert-OH is 1. The fraction of sp³-hybridized carbons (Fsp3) is 1.00. The Hall–Kier alpha value is -0.160. The van der Waals surface area contributed by atoms with E-state index in [1.165, 1.54) is 19.3 Å². The molecule has 19 heavy (non-hydrogen) atoms. The fourth-order valence-electron chi connectivity index (χ4n) is 3.79. The van der Waals surface area contributed by atoms with Gasteiger partial charge in [-0.15, -0.1) is 0 Å². The van der Waals surface area contributed by atoms with E-state index in [4.69, 9.17) is 9.47 Å². The van der Waals surface area contributed by atoms with Gasteiger partial charge in [0.25, 0.3) is 0 Å². The van der Waals surface area contributed by atoms with E-state index in [1.54, 1.807) is 0 Å². The highest BCUT2D eigenvalue weighted by Gasteiger charge is 2.40. The predicted molar refractivity (Wildman–Crippen MR) is 72.9 cm³/mol. The van der Waals surface area contributed by atoms with E-state index < -0.39 is 0 Å². The van der Waals surface area contributed by atoms with Crippen molar-refractivity contribution >= 4 is 0 Å². The van der Waals surface area contributed by atoms with Crippen LogP contribution >= 0.6 is 0 Å². The molecule has 4 nitrogen and oxygen atoms in total. The van der Waals surface area contributed by atoms with Crippen LogP contribution in [0.2, 0.25) is 0 Å². The van der Waals surface area contributed by atoms with E-state index >= 15 is 0 Å². The SMILES string of the molecule is OC1CCCCC1CNC1CCC2(CC1)OCCO2. The standard InChI is InChI=1S/C15H27NO3/c17-14-4-2-1-3-12(14)11-16-13-5-7-15(8-6-13)18-9-10-19-15/h12-14,16-17H,1-11H2. The Kier molecular flexibility index (Phi) is 4.42. The van der Waals surface area contributed by atoms with E-state index in [-0.39, 0.29) is 11.9 Å². The number of hydrogen-bond donors (Lipinski definition) is 2. The van der Waals surface area contributed by atoms with Crippen molar-refractivity contribution in [2.75, 3.05) is 19.8 Å². The van der Waals surface area contributed by atoms with Gasteiger partial charge in [-0.2, -0.15) is 0 Å². The van der Waals surface area contributed by atoms with Crippen LogP contribution in [-0.2, 0) is 9.47 Å². The summed E-state index contributed by atoms with van der Waals surface area (Å²) >= 11 is 0. The topological polar surface area (TPSA) is 50.7 Å². The van der Waals surface area contributed by atoms with Crippen LogP contribution in [0.15, 0.2) is 0 Å². The van der Waals surface area contributed by atoms with Crippen LogP contribution in [0.1, 0.15) is 51.4 Å². The van der Waals surface area contributed by atoms with Crippen LogP contribution in [0.25, 0.3) is 0 Å². The number of nitrogens with one attached hydrogen (secondary N) is 1. The molecule has 0 aromatic carbocycles. The van der Waals surface area contributed by atoms with Gasteiger partial charge in [0.2, 0.25) is 0 Å². The minimum Gasteiger partial charge on any atom is -0.393 e. The zero-order valence-corrected chi connectivity index (χ0v) is 11.8. The maximum Gasteiger partial charge on any atom is 0.168 e. The van der Waals surface area contributed by atoms with Gasteiger partial charge in [-0.25, -0.2) is 0 Å². The van der Waals surface area contributed by atoms with Crippen molar-refractivity contribution in [1.29, 1.82) is 0 Å². The second-order valence-corrected chi connectivity index (χ2v) is 6.40. The first-order valence-electron chi connectivity index (χ1n) is 7.97. The summed E-state index contributed by atoms with van der Waals surface area (Å²) in [5, 5.41) is 13.6. The van der Waals surface area contributed by atoms with Crippen molar-refractivity contribution in [3.63, 3.8) is 0 Å². The lowest BCUT2D eigenvalue weighted by atomic mass is 9.85. The molecule has 2 aliphatic carbocycles. The Morgan fingerprint density at radius 3 is 2.37 bits per heavy atom. The Morgan fingerprint density at radius 2 is 1.68 bits per heavy atom. The highest BCUT2D eigenvalue weighted by atomic mass is 16.7. The molecular formula is C15H27NO3. The van der Waals surface area contributed by atoms with Gasteiger partial charge in [0.05, 0.1) is 19.3 Å². The average molecular weight is 269 g/mol. The Morgan fingerprint density at radius 1 is 1.00 bits per heavy atom. The summed E-state index contributed by atoms with van der Waals surface area (Å²) in [5.41, 5.74) is 0. The smallest absolute Gasteiger partial charge is 0.168 e. The molecule has 3 fully saturated rings. The molecule has 3 rings (SSSR count). The van der Waals surface area contributed by atoms with Crippen molar-refractivity contribution in [2.45, 2.75) is 69.3 Å². The van der Waals surface area contributed by atoms with E-state index in [1.807, 2.05) is 0 Å². The molecule has 3 aliphatic rings. The summed E-state index contributed by atoms with van der Waals surface area (Å²) in [6.07, 6.45) is 8.83. The van der Waals surface area contributed by atoms with E-state index in [0.29, 0.717) is 12.0 Å². The predicted octanol–water partition coefficient (Wildman–Crippen LogP) is 1.81. The molecule has 110 valence electrons. The third-order valence-corrected chi connectivity index (χ3v) is 5.10. The first-order valence-corrected chi connectivity index (χ1v) is 7.97. The van der Waals surface area contributed by atoms with Gasteiger partial charge in [0.1, 0.15) is 0 Å². The van der Waals surface area contributed by atoms with Crippen LogP contribution in [-0.4, -0.2) is 42.8 Å². The second-order valence-electron chi connectivity index (χ2n) is 6.40. The zero-order chi connectivity index (χ0) is 13.1. The number of aliphatic hydroxyl groups is 1. The molecule has 0 aromatic rings. The average Bonchev–Trinajstić information content (AvgIpc) is 2.88. The Labute approximate surface area is 115 Å². The lowest BCUT2D eigenvalue weighted by molar-refractivity contribution is -0.179. The molecule has 0 bridgehead atoms. The molecule has 4 heteroatoms. The van der Waals surface area contributed by atoms with Crippen LogP contribution in [0.5, 0.6) is 0 Å². The van der Waals surface area contributed by atoms with Gasteiger partial charge in [-0.1, -0.05) is 12.8 Å². The lowest BCUT2D eigenvalue weighted by Crippen LogP contribution is -2.44. The molecule has 0 amide bonds. The maximum atomic E-state index is 9.99. The Bertz CT molecular complexity index is 281. The number of ether oxygens (including phenoxy) is 2. The van der Waals surface area contributed by atoms with Gasteiger partial charge in [-0.05, 0) is 31.6 Å². The van der Waals surface area contributed by atoms with Gasteiger partial charge in [-0.3, -0.25) is 0 Å². The molecule has 0 radical (unpaired) electrons. The Balaban J connectivity index is 1.40. The first kappa shape index (κ1) is 13.8. The largest absolute Gasteiger partial charge is 0.393 e. The highest BCUT2D eigenvalue weighted by molar-refractivity contribution is 4.86. The van der Waals surface area contributed by atoms with E-state index in [0.717, 1.165) is 51.9 Å². The molecule has 2 atom stereocenters. The van der Waals surface area contributed by atoms with Crippen LogP contribution in [0.3, 0.4) is 0 Å². The molecule has 1 heterocycles. The molecule has 1 saturated heterocycles. The molecule has 1 aliphatic heterocycles. The number of hydrogen-bond acceptors (Lipinski definition) is 4. The molecule has 2 unspecified atom stereocenters. The summed E-state index contributed by atoms with van der Waals surface area (Å²) in [6.45, 7) is 2.49. The van der Waals surface area contributed by atoms with Crippen LogP contribution in [0.4, 0.5) is 0 Å². The maximum absolute atomic E-state index is 9.99. The van der Waals surface area contributed by atoms with Gasteiger partial charge < -0.3 is 19.9 Å². The summed E-state index contributed by atoms with van der Waals surface area (Å²) in [7, 11) is 0. The van der Waals surface area contributed by atoms with E-state index in [2.05, 4.69) is 5.32 Å². The zero-order valence-electron chi connectivity index (χ0n) is 11.8. The minimum atomic E-state index is -0.247. The third-order valence-electron chi connectivity index (χ3n) is 5.10. The molecular weight excluding hydrogens is 242 g/mol. The van der Waals surface area contributed by atoms with Gasteiger partial charge >= 0.3 is 0 Å². The monoisotopic (exact) mass is 269 g/mol. The molecule has 2 saturated carbocycles. The number of rotatable bonds is 3. The second kappa shape index (κ2) is 6.08. The van der Waals surface area contributed by atoms with E-state index in [9.17, 15) is 5.11 Å². The van der Waals surface area contributed by atoms with Crippen molar-refractivity contribution in [2.24, 2.45) is 5.92 Å². The summed E-state index contributed by atoms with van der Waals surface area (Å²) in [6, 6.07) is 0.576. The fourth-order valence-corrected chi connectivity index (χ4v) is 3.79. The van der Waals surface area contributed by atoms with Crippen molar-refractivity contribution < 1.29 is 14.6 Å². The van der Waals surface area contributed by atoms with Crippen molar-refractivity contribution in [1.82, 2.24) is 5.32 Å². The summed E-state index contributed by atoms with van der Waals surface area (Å²) in [5.74, 6) is 0.214. The normalized spacial score (nSPS) is 35.8. The summed E-state index contributed by atoms with van der Waals surface area (Å²) < 4.78 is 11.5. The van der Waals surface area contributed by atoms with Crippen LogP contribution < -0.4 is 5.32 Å².